The van der Waals surface area contributed by atoms with Crippen LogP contribution >= 0.6 is 23.2 Å². The molecule has 0 bridgehead atoms. The summed E-state index contributed by atoms with van der Waals surface area (Å²) in [5, 5.41) is 22.3. The topological polar surface area (TPSA) is 105 Å². The molecule has 1 heterocycles. The number of aliphatic hydroxyl groups is 2. The summed E-state index contributed by atoms with van der Waals surface area (Å²) in [4.78, 5) is 18.8. The van der Waals surface area contributed by atoms with Crippen LogP contribution in [0.4, 0.5) is 4.79 Å². The van der Waals surface area contributed by atoms with Gasteiger partial charge in [-0.15, -0.1) is 0 Å². The van der Waals surface area contributed by atoms with Crippen LogP contribution in [0.25, 0.3) is 0 Å². The van der Waals surface area contributed by atoms with E-state index in [2.05, 4.69) is 15.3 Å². The second-order valence-electron chi connectivity index (χ2n) is 5.61. The average Bonchev–Trinajstić information content (AvgIpc) is 2.35. The van der Waals surface area contributed by atoms with E-state index in [1.807, 2.05) is 0 Å². The van der Waals surface area contributed by atoms with Crippen LogP contribution in [0.3, 0.4) is 0 Å². The van der Waals surface area contributed by atoms with Gasteiger partial charge < -0.3 is 20.3 Å². The van der Waals surface area contributed by atoms with Gasteiger partial charge in [0, 0.05) is 18.3 Å². The van der Waals surface area contributed by atoms with Gasteiger partial charge in [-0.05, 0) is 38.8 Å². The summed E-state index contributed by atoms with van der Waals surface area (Å²) in [6.45, 7) is 5.36. The van der Waals surface area contributed by atoms with Crippen molar-refractivity contribution in [2.45, 2.75) is 45.0 Å². The molecule has 0 aliphatic rings. The third-order valence-electron chi connectivity index (χ3n) is 2.53. The van der Waals surface area contributed by atoms with Crippen LogP contribution in [0.2, 0.25) is 10.4 Å². The number of rotatable bonds is 5. The van der Waals surface area contributed by atoms with E-state index >= 15 is 0 Å². The molecule has 2 atom stereocenters. The van der Waals surface area contributed by atoms with Crippen molar-refractivity contribution in [1.82, 2.24) is 15.3 Å². The summed E-state index contributed by atoms with van der Waals surface area (Å²) < 4.78 is 5.05. The number of halogens is 2. The highest BCUT2D eigenvalue weighted by Crippen LogP contribution is 2.25. The Morgan fingerprint density at radius 2 is 2.05 bits per heavy atom. The number of aromatic nitrogens is 2. The van der Waals surface area contributed by atoms with Crippen molar-refractivity contribution in [3.05, 3.63) is 22.2 Å². The van der Waals surface area contributed by atoms with Crippen LogP contribution in [0, 0.1) is 0 Å². The molecule has 1 aromatic heterocycles. The van der Waals surface area contributed by atoms with Crippen molar-refractivity contribution in [3.8, 4) is 0 Å². The molecule has 7 nitrogen and oxygen atoms in total. The fraction of sp³-hybridized carbons (Fsp3) is 0.615. The maximum Gasteiger partial charge on any atom is 0.407 e. The smallest absolute Gasteiger partial charge is 0.407 e. The molecule has 0 saturated heterocycles. The normalized spacial score (nSPS) is 14.3. The largest absolute Gasteiger partial charge is 0.444 e. The number of carbonyl (C=O) groups is 1. The minimum Gasteiger partial charge on any atom is -0.444 e. The summed E-state index contributed by atoms with van der Waals surface area (Å²) in [5.41, 5.74) is -0.438. The Balaban J connectivity index is 2.48. The molecule has 2 unspecified atom stereocenters. The number of alkyl carbamates (subject to hydrolysis) is 1. The molecule has 0 fully saturated rings. The zero-order chi connectivity index (χ0) is 16.9. The quantitative estimate of drug-likeness (QED) is 0.554. The predicted molar refractivity (Wildman–Crippen MR) is 81.9 cm³/mol. The van der Waals surface area contributed by atoms with Gasteiger partial charge in [-0.1, -0.05) is 11.6 Å². The van der Waals surface area contributed by atoms with Gasteiger partial charge in [0.15, 0.2) is 0 Å². The maximum atomic E-state index is 11.4. The van der Waals surface area contributed by atoms with Gasteiger partial charge in [0.2, 0.25) is 5.28 Å². The fourth-order valence-corrected chi connectivity index (χ4v) is 1.97. The van der Waals surface area contributed by atoms with E-state index in [-0.39, 0.29) is 29.0 Å². The SMILES string of the molecule is CC(C)(C)OC(=O)NCCC(O)C(O)c1cnc(Cl)nc1Cl. The van der Waals surface area contributed by atoms with Crippen LogP contribution in [0.5, 0.6) is 0 Å². The molecule has 0 aliphatic heterocycles. The molecule has 9 heteroatoms. The Morgan fingerprint density at radius 1 is 1.41 bits per heavy atom. The zero-order valence-electron chi connectivity index (χ0n) is 12.5. The molecule has 22 heavy (non-hydrogen) atoms. The first-order chi connectivity index (χ1) is 10.1. The van der Waals surface area contributed by atoms with Gasteiger partial charge in [-0.25, -0.2) is 14.8 Å². The number of hydrogen-bond donors (Lipinski definition) is 3. The van der Waals surface area contributed by atoms with Crippen LogP contribution in [0.15, 0.2) is 6.20 Å². The van der Waals surface area contributed by atoms with Crippen molar-refractivity contribution in [3.63, 3.8) is 0 Å². The minimum atomic E-state index is -1.29. The monoisotopic (exact) mass is 351 g/mol. The number of nitrogens with zero attached hydrogens (tertiary/aromatic N) is 2. The highest BCUT2D eigenvalue weighted by Gasteiger charge is 2.23. The molecule has 1 amide bonds. The molecule has 0 spiro atoms. The molecule has 1 aromatic rings. The highest BCUT2D eigenvalue weighted by molar-refractivity contribution is 6.32. The molecule has 1 rings (SSSR count). The lowest BCUT2D eigenvalue weighted by atomic mass is 10.1. The summed E-state index contributed by atoms with van der Waals surface area (Å²) in [6, 6.07) is 0. The van der Waals surface area contributed by atoms with Gasteiger partial charge in [0.05, 0.1) is 6.10 Å². The van der Waals surface area contributed by atoms with E-state index in [1.165, 1.54) is 6.20 Å². The third-order valence-corrected chi connectivity index (χ3v) is 3.02. The van der Waals surface area contributed by atoms with Crippen molar-refractivity contribution >= 4 is 29.3 Å². The third kappa shape index (κ3) is 6.31. The first-order valence-corrected chi connectivity index (χ1v) is 7.36. The van der Waals surface area contributed by atoms with Crippen LogP contribution < -0.4 is 5.32 Å². The molecular formula is C13H19Cl2N3O4. The number of carbonyl (C=O) groups excluding carboxylic acids is 1. The van der Waals surface area contributed by atoms with E-state index < -0.39 is 23.9 Å². The van der Waals surface area contributed by atoms with Gasteiger partial charge in [-0.3, -0.25) is 0 Å². The Bertz CT molecular complexity index is 522. The van der Waals surface area contributed by atoms with Crippen molar-refractivity contribution in [2.24, 2.45) is 0 Å². The van der Waals surface area contributed by atoms with Gasteiger partial charge in [0.1, 0.15) is 16.9 Å². The molecule has 0 aromatic carbocycles. The molecular weight excluding hydrogens is 333 g/mol. The summed E-state index contributed by atoms with van der Waals surface area (Å²) >= 11 is 11.4. The maximum absolute atomic E-state index is 11.4. The van der Waals surface area contributed by atoms with Gasteiger partial charge >= 0.3 is 6.09 Å². The van der Waals surface area contributed by atoms with Gasteiger partial charge in [0.25, 0.3) is 0 Å². The predicted octanol–water partition coefficient (Wildman–Crippen LogP) is 2.09. The number of amides is 1. The molecule has 124 valence electrons. The Kier molecular flexibility index (Phi) is 6.80. The van der Waals surface area contributed by atoms with Crippen molar-refractivity contribution < 1.29 is 19.7 Å². The second kappa shape index (κ2) is 7.92. The van der Waals surface area contributed by atoms with E-state index in [9.17, 15) is 15.0 Å². The molecule has 3 N–H and O–H groups in total. The van der Waals surface area contributed by atoms with Crippen LogP contribution in [0.1, 0.15) is 38.9 Å². The van der Waals surface area contributed by atoms with Crippen molar-refractivity contribution in [1.29, 1.82) is 0 Å². The number of hydrogen-bond acceptors (Lipinski definition) is 6. The highest BCUT2D eigenvalue weighted by atomic mass is 35.5. The number of aliphatic hydroxyl groups excluding tert-OH is 2. The van der Waals surface area contributed by atoms with E-state index in [0.29, 0.717) is 0 Å². The lowest BCUT2D eigenvalue weighted by molar-refractivity contribution is 0.0120. The van der Waals surface area contributed by atoms with Gasteiger partial charge in [-0.2, -0.15) is 0 Å². The summed E-state index contributed by atoms with van der Waals surface area (Å²) in [7, 11) is 0. The minimum absolute atomic E-state index is 0.0355. The first-order valence-electron chi connectivity index (χ1n) is 6.61. The fourth-order valence-electron chi connectivity index (χ4n) is 1.55. The lowest BCUT2D eigenvalue weighted by Gasteiger charge is -2.21. The Morgan fingerprint density at radius 3 is 2.59 bits per heavy atom. The Labute approximate surface area is 138 Å². The molecule has 0 radical (unpaired) electrons. The second-order valence-corrected chi connectivity index (χ2v) is 6.31. The van der Waals surface area contributed by atoms with E-state index in [0.717, 1.165) is 0 Å². The average molecular weight is 352 g/mol. The number of nitrogens with one attached hydrogen (secondary N) is 1. The zero-order valence-corrected chi connectivity index (χ0v) is 14.0. The summed E-state index contributed by atoms with van der Waals surface area (Å²) in [5.74, 6) is 0. The first kappa shape index (κ1) is 18.9. The standard InChI is InChI=1S/C13H19Cl2N3O4/c1-13(2,3)22-12(21)16-5-4-8(19)9(20)7-6-17-11(15)18-10(7)14/h6,8-9,19-20H,4-5H2,1-3H3,(H,16,21). The molecule has 0 aliphatic carbocycles. The van der Waals surface area contributed by atoms with E-state index in [1.54, 1.807) is 20.8 Å². The van der Waals surface area contributed by atoms with Crippen molar-refractivity contribution in [2.75, 3.05) is 6.54 Å². The van der Waals surface area contributed by atoms with Crippen LogP contribution in [-0.2, 0) is 4.74 Å². The molecule has 0 saturated carbocycles. The Hall–Kier alpha value is -1.15. The summed E-state index contributed by atoms with van der Waals surface area (Å²) in [6.07, 6.45) is -1.70. The number of ether oxygens (including phenoxy) is 1. The van der Waals surface area contributed by atoms with Crippen LogP contribution in [-0.4, -0.2) is 44.5 Å². The lowest BCUT2D eigenvalue weighted by Crippen LogP contribution is -2.34. The van der Waals surface area contributed by atoms with E-state index in [4.69, 9.17) is 27.9 Å².